The zero-order valence-electron chi connectivity index (χ0n) is 9.14. The molecule has 6 heteroatoms. The Kier molecular flexibility index (Phi) is 4.30. The predicted octanol–water partition coefficient (Wildman–Crippen LogP) is 1.54. The summed E-state index contributed by atoms with van der Waals surface area (Å²) in [7, 11) is 1.64. The fraction of sp³-hybridized carbons (Fsp3) is 0.400. The quantitative estimate of drug-likeness (QED) is 0.841. The first-order valence-electron chi connectivity index (χ1n) is 4.78. The number of carbonyl (C=O) groups is 2. The first-order valence-corrected chi connectivity index (χ1v) is 5.66. The molecule has 0 saturated carbocycles. The van der Waals surface area contributed by atoms with Gasteiger partial charge >= 0.3 is 12.0 Å². The van der Waals surface area contributed by atoms with Crippen LogP contribution < -0.4 is 5.32 Å². The number of carboxylic acids is 1. The van der Waals surface area contributed by atoms with E-state index in [0.29, 0.717) is 0 Å². The Morgan fingerprint density at radius 1 is 1.62 bits per heavy atom. The van der Waals surface area contributed by atoms with Crippen LogP contribution in [0.3, 0.4) is 0 Å². The van der Waals surface area contributed by atoms with Crippen LogP contribution in [0.1, 0.15) is 17.8 Å². The van der Waals surface area contributed by atoms with Crippen molar-refractivity contribution < 1.29 is 14.7 Å². The molecule has 0 aromatic carbocycles. The van der Waals surface area contributed by atoms with Crippen LogP contribution in [0.25, 0.3) is 0 Å². The smallest absolute Gasteiger partial charge is 0.323 e. The molecule has 1 heterocycles. The lowest BCUT2D eigenvalue weighted by atomic mass is 10.2. The normalized spacial score (nSPS) is 11.9. The molecule has 0 spiro atoms. The van der Waals surface area contributed by atoms with E-state index < -0.39 is 5.97 Å². The van der Waals surface area contributed by atoms with Crippen molar-refractivity contribution in [1.82, 2.24) is 10.2 Å². The summed E-state index contributed by atoms with van der Waals surface area (Å²) in [5, 5.41) is 12.7. The maximum absolute atomic E-state index is 11.5. The van der Waals surface area contributed by atoms with Gasteiger partial charge in [0.2, 0.25) is 0 Å². The summed E-state index contributed by atoms with van der Waals surface area (Å²) in [4.78, 5) is 24.4. The van der Waals surface area contributed by atoms with Gasteiger partial charge in [0.1, 0.15) is 6.54 Å². The molecule has 0 bridgehead atoms. The average Bonchev–Trinajstić information content (AvgIpc) is 2.77. The Morgan fingerprint density at radius 2 is 2.31 bits per heavy atom. The molecule has 0 saturated heterocycles. The molecule has 16 heavy (non-hydrogen) atoms. The maximum atomic E-state index is 11.5. The van der Waals surface area contributed by atoms with E-state index in [0.717, 1.165) is 4.88 Å². The van der Waals surface area contributed by atoms with Gasteiger partial charge in [0.15, 0.2) is 0 Å². The van der Waals surface area contributed by atoms with E-state index in [1.54, 1.807) is 18.4 Å². The van der Waals surface area contributed by atoms with Crippen LogP contribution >= 0.6 is 11.3 Å². The summed E-state index contributed by atoms with van der Waals surface area (Å²) < 4.78 is 0. The molecular formula is C10H14N2O3S. The van der Waals surface area contributed by atoms with Crippen molar-refractivity contribution in [3.63, 3.8) is 0 Å². The lowest BCUT2D eigenvalue weighted by molar-refractivity contribution is -0.135. The van der Waals surface area contributed by atoms with E-state index >= 15 is 0 Å². The number of thiophene rings is 1. The molecule has 0 aliphatic heterocycles. The monoisotopic (exact) mass is 242 g/mol. The second-order valence-electron chi connectivity index (χ2n) is 3.35. The van der Waals surface area contributed by atoms with Crippen LogP contribution in [0.4, 0.5) is 4.79 Å². The molecule has 2 amide bonds. The highest BCUT2D eigenvalue weighted by Crippen LogP contribution is 2.22. The number of carbonyl (C=O) groups excluding carboxylic acids is 1. The molecule has 0 aliphatic carbocycles. The zero-order valence-corrected chi connectivity index (χ0v) is 9.95. The molecule has 2 N–H and O–H groups in total. The van der Waals surface area contributed by atoms with E-state index in [9.17, 15) is 9.59 Å². The molecule has 1 aromatic rings. The van der Waals surface area contributed by atoms with Crippen LogP contribution in [-0.4, -0.2) is 35.6 Å². The molecule has 1 unspecified atom stereocenters. The first-order chi connectivity index (χ1) is 7.52. The summed E-state index contributed by atoms with van der Waals surface area (Å²) in [6, 6.07) is 3.41. The SMILES string of the molecule is CC(c1cccs1)N(C)C(=O)NCC(=O)O. The zero-order chi connectivity index (χ0) is 12.1. The second-order valence-corrected chi connectivity index (χ2v) is 4.33. The molecule has 1 rings (SSSR count). The summed E-state index contributed by atoms with van der Waals surface area (Å²) in [6.07, 6.45) is 0. The number of nitrogens with one attached hydrogen (secondary N) is 1. The van der Waals surface area contributed by atoms with E-state index in [2.05, 4.69) is 5.32 Å². The van der Waals surface area contributed by atoms with E-state index in [4.69, 9.17) is 5.11 Å². The van der Waals surface area contributed by atoms with Crippen LogP contribution in [-0.2, 0) is 4.79 Å². The minimum atomic E-state index is -1.05. The lowest BCUT2D eigenvalue weighted by Crippen LogP contribution is -2.40. The molecule has 0 aliphatic rings. The third kappa shape index (κ3) is 3.23. The predicted molar refractivity (Wildman–Crippen MR) is 61.5 cm³/mol. The molecule has 0 fully saturated rings. The summed E-state index contributed by atoms with van der Waals surface area (Å²) >= 11 is 1.56. The molecule has 1 atom stereocenters. The van der Waals surface area contributed by atoms with Crippen molar-refractivity contribution >= 4 is 23.3 Å². The number of aliphatic carboxylic acids is 1. The number of amides is 2. The van der Waals surface area contributed by atoms with Crippen LogP contribution in [0.5, 0.6) is 0 Å². The number of hydrogen-bond donors (Lipinski definition) is 2. The van der Waals surface area contributed by atoms with Crippen LogP contribution in [0.2, 0.25) is 0 Å². The van der Waals surface area contributed by atoms with Gasteiger partial charge < -0.3 is 15.3 Å². The number of carboxylic acid groups (broad SMARTS) is 1. The Hall–Kier alpha value is -1.56. The average molecular weight is 242 g/mol. The van der Waals surface area contributed by atoms with Gasteiger partial charge in [0, 0.05) is 11.9 Å². The van der Waals surface area contributed by atoms with Gasteiger partial charge in [-0.1, -0.05) is 6.07 Å². The summed E-state index contributed by atoms with van der Waals surface area (Å²) in [6.45, 7) is 1.53. The number of nitrogens with zero attached hydrogens (tertiary/aromatic N) is 1. The van der Waals surface area contributed by atoms with Crippen LogP contribution in [0.15, 0.2) is 17.5 Å². The minimum absolute atomic E-state index is 0.0613. The van der Waals surface area contributed by atoms with Gasteiger partial charge in [-0.15, -0.1) is 11.3 Å². The number of urea groups is 1. The van der Waals surface area contributed by atoms with Gasteiger partial charge in [-0.2, -0.15) is 0 Å². The topological polar surface area (TPSA) is 69.6 Å². The first kappa shape index (κ1) is 12.5. The Morgan fingerprint density at radius 3 is 2.81 bits per heavy atom. The van der Waals surface area contributed by atoms with Gasteiger partial charge in [-0.05, 0) is 18.4 Å². The standard InChI is InChI=1S/C10H14N2O3S/c1-7(8-4-3-5-16-8)12(2)10(15)11-6-9(13)14/h3-5,7H,6H2,1-2H3,(H,11,15)(H,13,14). The summed E-state index contributed by atoms with van der Waals surface area (Å²) in [5.74, 6) is -1.05. The Labute approximate surface area is 97.7 Å². The maximum Gasteiger partial charge on any atom is 0.323 e. The molecule has 0 radical (unpaired) electrons. The van der Waals surface area contributed by atoms with Crippen molar-refractivity contribution in [2.24, 2.45) is 0 Å². The highest BCUT2D eigenvalue weighted by molar-refractivity contribution is 7.10. The van der Waals surface area contributed by atoms with Crippen molar-refractivity contribution in [3.05, 3.63) is 22.4 Å². The van der Waals surface area contributed by atoms with Crippen molar-refractivity contribution in [2.75, 3.05) is 13.6 Å². The highest BCUT2D eigenvalue weighted by Gasteiger charge is 2.18. The van der Waals surface area contributed by atoms with Gasteiger partial charge in [-0.3, -0.25) is 4.79 Å². The van der Waals surface area contributed by atoms with E-state index in [-0.39, 0.29) is 18.6 Å². The van der Waals surface area contributed by atoms with Crippen molar-refractivity contribution in [3.8, 4) is 0 Å². The lowest BCUT2D eigenvalue weighted by Gasteiger charge is -2.23. The number of hydrogen-bond acceptors (Lipinski definition) is 3. The van der Waals surface area contributed by atoms with Gasteiger partial charge in [0.25, 0.3) is 0 Å². The minimum Gasteiger partial charge on any atom is -0.480 e. The molecule has 1 aromatic heterocycles. The Bertz CT molecular complexity index is 364. The third-order valence-corrected chi connectivity index (χ3v) is 3.29. The van der Waals surface area contributed by atoms with Crippen molar-refractivity contribution in [1.29, 1.82) is 0 Å². The molecular weight excluding hydrogens is 228 g/mol. The van der Waals surface area contributed by atoms with Gasteiger partial charge in [0.05, 0.1) is 6.04 Å². The second kappa shape index (κ2) is 5.50. The van der Waals surface area contributed by atoms with E-state index in [1.165, 1.54) is 4.90 Å². The molecule has 88 valence electrons. The highest BCUT2D eigenvalue weighted by atomic mass is 32.1. The third-order valence-electron chi connectivity index (χ3n) is 2.25. The van der Waals surface area contributed by atoms with E-state index in [1.807, 2.05) is 24.4 Å². The number of rotatable bonds is 4. The van der Waals surface area contributed by atoms with Gasteiger partial charge in [-0.25, -0.2) is 4.79 Å². The Balaban J connectivity index is 2.53. The fourth-order valence-corrected chi connectivity index (χ4v) is 2.00. The molecule has 5 nitrogen and oxygen atoms in total. The summed E-state index contributed by atoms with van der Waals surface area (Å²) in [5.41, 5.74) is 0. The van der Waals surface area contributed by atoms with Crippen LogP contribution in [0, 0.1) is 0 Å². The van der Waals surface area contributed by atoms with Crippen molar-refractivity contribution in [2.45, 2.75) is 13.0 Å². The fourth-order valence-electron chi connectivity index (χ4n) is 1.17. The largest absolute Gasteiger partial charge is 0.480 e.